The number of hydrogen-bond donors (Lipinski definition) is 1. The molecule has 1 amide bonds. The van der Waals surface area contributed by atoms with E-state index in [1.165, 1.54) is 11.9 Å². The van der Waals surface area contributed by atoms with Crippen molar-refractivity contribution in [3.8, 4) is 16.9 Å². The van der Waals surface area contributed by atoms with Gasteiger partial charge in [0.1, 0.15) is 12.7 Å². The SMILES string of the molecule is O=C(NCc1cn(Cc2ccccc2)nc1-c1ccccc1)c1ccc(-n2cncn2)cc1. The lowest BCUT2D eigenvalue weighted by atomic mass is 10.1. The van der Waals surface area contributed by atoms with Crippen molar-refractivity contribution < 1.29 is 4.79 Å². The van der Waals surface area contributed by atoms with Crippen LogP contribution in [0.15, 0.2) is 104 Å². The quantitative estimate of drug-likeness (QED) is 0.418. The van der Waals surface area contributed by atoms with Crippen molar-refractivity contribution in [3.05, 3.63) is 120 Å². The first-order chi connectivity index (χ1) is 16.3. The zero-order valence-corrected chi connectivity index (χ0v) is 17.9. The van der Waals surface area contributed by atoms with Crippen molar-refractivity contribution in [1.82, 2.24) is 29.9 Å². The van der Waals surface area contributed by atoms with E-state index in [-0.39, 0.29) is 5.91 Å². The molecule has 2 heterocycles. The molecule has 1 N–H and O–H groups in total. The Kier molecular flexibility index (Phi) is 5.75. The average Bonchev–Trinajstić information content (AvgIpc) is 3.54. The fraction of sp³-hybridized carbons (Fsp3) is 0.0769. The van der Waals surface area contributed by atoms with Crippen molar-refractivity contribution in [2.75, 3.05) is 0 Å². The van der Waals surface area contributed by atoms with Gasteiger partial charge in [0.25, 0.3) is 5.91 Å². The van der Waals surface area contributed by atoms with Crippen LogP contribution < -0.4 is 5.32 Å². The Morgan fingerprint density at radius 2 is 1.61 bits per heavy atom. The van der Waals surface area contributed by atoms with Crippen LogP contribution in [0.3, 0.4) is 0 Å². The molecule has 5 aromatic rings. The van der Waals surface area contributed by atoms with E-state index in [0.717, 1.165) is 22.5 Å². The molecule has 0 unspecified atom stereocenters. The second kappa shape index (κ2) is 9.32. The zero-order chi connectivity index (χ0) is 22.5. The van der Waals surface area contributed by atoms with Gasteiger partial charge in [-0.1, -0.05) is 60.7 Å². The van der Waals surface area contributed by atoms with Gasteiger partial charge in [-0.25, -0.2) is 9.67 Å². The van der Waals surface area contributed by atoms with E-state index in [2.05, 4.69) is 27.5 Å². The fourth-order valence-corrected chi connectivity index (χ4v) is 3.67. The monoisotopic (exact) mass is 434 g/mol. The van der Waals surface area contributed by atoms with Crippen LogP contribution in [0.5, 0.6) is 0 Å². The Bertz CT molecular complexity index is 1330. The van der Waals surface area contributed by atoms with E-state index < -0.39 is 0 Å². The third-order valence-electron chi connectivity index (χ3n) is 5.32. The molecule has 162 valence electrons. The highest BCUT2D eigenvalue weighted by Gasteiger charge is 2.13. The lowest BCUT2D eigenvalue weighted by molar-refractivity contribution is 0.0951. The van der Waals surface area contributed by atoms with Crippen LogP contribution in [0.1, 0.15) is 21.5 Å². The topological polar surface area (TPSA) is 77.6 Å². The molecular weight excluding hydrogens is 412 g/mol. The number of carbonyl (C=O) groups excluding carboxylic acids is 1. The average molecular weight is 435 g/mol. The number of carbonyl (C=O) groups is 1. The largest absolute Gasteiger partial charge is 0.348 e. The third kappa shape index (κ3) is 4.72. The summed E-state index contributed by atoms with van der Waals surface area (Å²) in [7, 11) is 0. The first-order valence-electron chi connectivity index (χ1n) is 10.7. The van der Waals surface area contributed by atoms with Crippen molar-refractivity contribution in [2.45, 2.75) is 13.1 Å². The molecule has 0 fully saturated rings. The molecular formula is C26H22N6O. The van der Waals surface area contributed by atoms with Crippen LogP contribution in [0.2, 0.25) is 0 Å². The molecule has 0 saturated carbocycles. The first-order valence-corrected chi connectivity index (χ1v) is 10.7. The summed E-state index contributed by atoms with van der Waals surface area (Å²) in [5.41, 5.74) is 5.45. The summed E-state index contributed by atoms with van der Waals surface area (Å²) >= 11 is 0. The molecule has 0 radical (unpaired) electrons. The number of benzene rings is 3. The molecule has 0 aliphatic rings. The molecule has 3 aromatic carbocycles. The van der Waals surface area contributed by atoms with Gasteiger partial charge in [0.05, 0.1) is 17.9 Å². The highest BCUT2D eigenvalue weighted by atomic mass is 16.1. The lowest BCUT2D eigenvalue weighted by Gasteiger charge is -2.07. The van der Waals surface area contributed by atoms with Crippen molar-refractivity contribution in [3.63, 3.8) is 0 Å². The molecule has 0 bridgehead atoms. The van der Waals surface area contributed by atoms with E-state index in [9.17, 15) is 4.79 Å². The van der Waals surface area contributed by atoms with E-state index in [1.807, 2.05) is 71.5 Å². The Labute approximate surface area is 191 Å². The standard InChI is InChI=1S/C26H22N6O/c33-26(22-11-13-24(14-12-22)32-19-27-18-29-32)28-15-23-17-31(16-20-7-3-1-4-8-20)30-25(23)21-9-5-2-6-10-21/h1-14,17-19H,15-16H2,(H,28,33). The van der Waals surface area contributed by atoms with Crippen molar-refractivity contribution >= 4 is 5.91 Å². The van der Waals surface area contributed by atoms with Gasteiger partial charge in [-0.3, -0.25) is 9.48 Å². The Morgan fingerprint density at radius 1 is 0.879 bits per heavy atom. The van der Waals surface area contributed by atoms with Crippen LogP contribution in [0, 0.1) is 0 Å². The molecule has 0 aliphatic carbocycles. The molecule has 2 aromatic heterocycles. The number of nitrogens with zero attached hydrogens (tertiary/aromatic N) is 5. The number of rotatable bonds is 7. The van der Waals surface area contributed by atoms with Gasteiger partial charge in [0.2, 0.25) is 0 Å². The summed E-state index contributed by atoms with van der Waals surface area (Å²) in [6, 6.07) is 27.5. The predicted octanol–water partition coefficient (Wildman–Crippen LogP) is 4.11. The minimum Gasteiger partial charge on any atom is -0.348 e. The molecule has 5 rings (SSSR count). The Balaban J connectivity index is 1.34. The second-order valence-electron chi connectivity index (χ2n) is 7.62. The normalized spacial score (nSPS) is 10.8. The third-order valence-corrected chi connectivity index (χ3v) is 5.32. The van der Waals surface area contributed by atoms with Crippen LogP contribution in [0.4, 0.5) is 0 Å². The van der Waals surface area contributed by atoms with E-state index >= 15 is 0 Å². The first kappa shape index (κ1) is 20.4. The van der Waals surface area contributed by atoms with Gasteiger partial charge in [0.15, 0.2) is 0 Å². The zero-order valence-electron chi connectivity index (χ0n) is 17.9. The van der Waals surface area contributed by atoms with Gasteiger partial charge >= 0.3 is 0 Å². The Hall–Kier alpha value is -4.52. The minimum absolute atomic E-state index is 0.144. The smallest absolute Gasteiger partial charge is 0.251 e. The van der Waals surface area contributed by atoms with Crippen molar-refractivity contribution in [2.24, 2.45) is 0 Å². The van der Waals surface area contributed by atoms with Gasteiger partial charge in [-0.2, -0.15) is 10.2 Å². The molecule has 0 atom stereocenters. The van der Waals surface area contributed by atoms with E-state index in [4.69, 9.17) is 5.10 Å². The number of amides is 1. The van der Waals surface area contributed by atoms with Gasteiger partial charge in [-0.15, -0.1) is 0 Å². The van der Waals surface area contributed by atoms with Crippen LogP contribution >= 0.6 is 0 Å². The Morgan fingerprint density at radius 3 is 2.30 bits per heavy atom. The summed E-state index contributed by atoms with van der Waals surface area (Å²) in [6.07, 6.45) is 5.10. The van der Waals surface area contributed by atoms with Gasteiger partial charge in [0, 0.05) is 29.4 Å². The maximum Gasteiger partial charge on any atom is 0.251 e. The van der Waals surface area contributed by atoms with E-state index in [1.54, 1.807) is 23.1 Å². The lowest BCUT2D eigenvalue weighted by Crippen LogP contribution is -2.22. The van der Waals surface area contributed by atoms with E-state index in [0.29, 0.717) is 18.7 Å². The fourth-order valence-electron chi connectivity index (χ4n) is 3.67. The summed E-state index contributed by atoms with van der Waals surface area (Å²) in [4.78, 5) is 16.7. The summed E-state index contributed by atoms with van der Waals surface area (Å²) in [6.45, 7) is 1.04. The van der Waals surface area contributed by atoms with Gasteiger partial charge in [-0.05, 0) is 29.8 Å². The number of aromatic nitrogens is 5. The maximum atomic E-state index is 12.8. The van der Waals surface area contributed by atoms with Gasteiger partial charge < -0.3 is 5.32 Å². The van der Waals surface area contributed by atoms with Crippen LogP contribution in [-0.2, 0) is 13.1 Å². The number of nitrogens with one attached hydrogen (secondary N) is 1. The summed E-state index contributed by atoms with van der Waals surface area (Å²) < 4.78 is 3.57. The summed E-state index contributed by atoms with van der Waals surface area (Å²) in [5, 5.41) is 11.9. The molecule has 0 spiro atoms. The molecule has 7 nitrogen and oxygen atoms in total. The second-order valence-corrected chi connectivity index (χ2v) is 7.62. The predicted molar refractivity (Wildman–Crippen MR) is 126 cm³/mol. The molecule has 0 saturated heterocycles. The highest BCUT2D eigenvalue weighted by Crippen LogP contribution is 2.22. The minimum atomic E-state index is -0.144. The highest BCUT2D eigenvalue weighted by molar-refractivity contribution is 5.94. The molecule has 33 heavy (non-hydrogen) atoms. The van der Waals surface area contributed by atoms with Crippen LogP contribution in [-0.4, -0.2) is 30.5 Å². The van der Waals surface area contributed by atoms with Crippen molar-refractivity contribution in [1.29, 1.82) is 0 Å². The maximum absolute atomic E-state index is 12.8. The molecule has 0 aliphatic heterocycles. The van der Waals surface area contributed by atoms with Crippen LogP contribution in [0.25, 0.3) is 16.9 Å². The summed E-state index contributed by atoms with van der Waals surface area (Å²) in [5.74, 6) is -0.144. The molecule has 7 heteroatoms. The number of hydrogen-bond acceptors (Lipinski definition) is 4.